The molecule has 0 aliphatic heterocycles. The van der Waals surface area contributed by atoms with E-state index in [2.05, 4.69) is 10.4 Å². The average molecular weight is 297 g/mol. The molecule has 0 bridgehead atoms. The van der Waals surface area contributed by atoms with E-state index in [1.165, 1.54) is 0 Å². The zero-order chi connectivity index (χ0) is 12.3. The maximum absolute atomic E-state index is 11.7. The zero-order valence-electron chi connectivity index (χ0n) is 11.2. The van der Waals surface area contributed by atoms with E-state index in [1.807, 2.05) is 33.8 Å². The highest BCUT2D eigenvalue weighted by atomic mass is 35.5. The van der Waals surface area contributed by atoms with Gasteiger partial charge in [-0.3, -0.25) is 9.48 Å². The van der Waals surface area contributed by atoms with Crippen molar-refractivity contribution in [1.82, 2.24) is 15.1 Å². The lowest BCUT2D eigenvalue weighted by Crippen LogP contribution is -2.49. The molecule has 0 saturated heterocycles. The Balaban J connectivity index is 0. The number of carbonyl (C=O) groups is 1. The Bertz CT molecular complexity index is 390. The minimum atomic E-state index is -0.368. The molecule has 0 radical (unpaired) electrons. The zero-order valence-corrected chi connectivity index (χ0v) is 12.8. The van der Waals surface area contributed by atoms with Crippen LogP contribution in [-0.4, -0.2) is 27.8 Å². The maximum atomic E-state index is 11.7. The van der Waals surface area contributed by atoms with Crippen molar-refractivity contribution in [3.8, 4) is 0 Å². The Kier molecular flexibility index (Phi) is 8.27. The molecule has 1 amide bonds. The first-order valence-electron chi connectivity index (χ1n) is 5.36. The minimum absolute atomic E-state index is 0. The molecule has 0 fully saturated rings. The van der Waals surface area contributed by atoms with Crippen LogP contribution in [0.2, 0.25) is 0 Å². The highest BCUT2D eigenvalue weighted by Crippen LogP contribution is 2.03. The van der Waals surface area contributed by atoms with E-state index in [-0.39, 0.29) is 42.8 Å². The number of nitrogens with zero attached hydrogens (tertiary/aromatic N) is 2. The summed E-state index contributed by atoms with van der Waals surface area (Å²) < 4.78 is 1.69. The van der Waals surface area contributed by atoms with E-state index in [1.54, 1.807) is 4.68 Å². The first-order chi connectivity index (χ1) is 7.34. The van der Waals surface area contributed by atoms with Gasteiger partial charge in [0.15, 0.2) is 0 Å². The summed E-state index contributed by atoms with van der Waals surface area (Å²) in [5.41, 5.74) is 7.08. The molecule has 18 heavy (non-hydrogen) atoms. The lowest BCUT2D eigenvalue weighted by molar-refractivity contribution is -0.123. The van der Waals surface area contributed by atoms with Crippen molar-refractivity contribution in [3.05, 3.63) is 17.5 Å². The number of nitrogens with two attached hydrogens (primary N) is 1. The fraction of sp³-hybridized carbons (Fsp3) is 0.636. The van der Waals surface area contributed by atoms with Crippen molar-refractivity contribution in [2.75, 3.05) is 6.54 Å². The van der Waals surface area contributed by atoms with Crippen molar-refractivity contribution >= 4 is 30.7 Å². The minimum Gasteiger partial charge on any atom is -0.348 e. The van der Waals surface area contributed by atoms with Crippen LogP contribution in [0.25, 0.3) is 0 Å². The van der Waals surface area contributed by atoms with Crippen LogP contribution < -0.4 is 11.1 Å². The molecule has 0 aliphatic rings. The van der Waals surface area contributed by atoms with E-state index >= 15 is 0 Å². The Labute approximate surface area is 120 Å². The normalized spacial score (nSPS) is 10.3. The molecule has 1 rings (SSSR count). The third-order valence-corrected chi connectivity index (χ3v) is 2.38. The molecule has 1 heterocycles. The second-order valence-corrected chi connectivity index (χ2v) is 4.72. The average Bonchev–Trinajstić information content (AvgIpc) is 2.44. The van der Waals surface area contributed by atoms with Gasteiger partial charge in [0.05, 0.1) is 5.69 Å². The SMILES string of the molecule is Cc1cc(C)n(CC(=O)NC(C)(C)CN)n1.Cl.Cl. The van der Waals surface area contributed by atoms with E-state index in [0.717, 1.165) is 11.4 Å². The molecule has 106 valence electrons. The lowest BCUT2D eigenvalue weighted by atomic mass is 10.1. The smallest absolute Gasteiger partial charge is 0.242 e. The predicted octanol–water partition coefficient (Wildman–Crippen LogP) is 1.20. The summed E-state index contributed by atoms with van der Waals surface area (Å²) in [4.78, 5) is 11.7. The van der Waals surface area contributed by atoms with Crippen LogP contribution >= 0.6 is 24.8 Å². The molecule has 0 atom stereocenters. The molecule has 0 saturated carbocycles. The first kappa shape index (κ1) is 19.6. The molecule has 1 aromatic heterocycles. The Morgan fingerprint density at radius 3 is 2.39 bits per heavy atom. The van der Waals surface area contributed by atoms with E-state index in [4.69, 9.17) is 5.73 Å². The summed E-state index contributed by atoms with van der Waals surface area (Å²) in [5, 5.41) is 7.10. The number of aromatic nitrogens is 2. The molecule has 3 N–H and O–H groups in total. The van der Waals surface area contributed by atoms with Crippen LogP contribution in [0.1, 0.15) is 25.2 Å². The van der Waals surface area contributed by atoms with Crippen LogP contribution in [0, 0.1) is 13.8 Å². The molecular formula is C11H22Cl2N4O. The maximum Gasteiger partial charge on any atom is 0.242 e. The summed E-state index contributed by atoms with van der Waals surface area (Å²) in [7, 11) is 0. The van der Waals surface area contributed by atoms with Gasteiger partial charge in [-0.1, -0.05) is 0 Å². The second kappa shape index (κ2) is 7.61. The number of halogens is 2. The molecule has 1 aromatic rings. The van der Waals surface area contributed by atoms with Crippen molar-refractivity contribution in [1.29, 1.82) is 0 Å². The van der Waals surface area contributed by atoms with E-state index in [0.29, 0.717) is 6.54 Å². The van der Waals surface area contributed by atoms with Gasteiger partial charge in [-0.2, -0.15) is 5.10 Å². The van der Waals surface area contributed by atoms with Gasteiger partial charge in [-0.25, -0.2) is 0 Å². The van der Waals surface area contributed by atoms with E-state index < -0.39 is 0 Å². The van der Waals surface area contributed by atoms with Gasteiger partial charge in [0.1, 0.15) is 6.54 Å². The Morgan fingerprint density at radius 2 is 2.00 bits per heavy atom. The van der Waals surface area contributed by atoms with Crippen LogP contribution in [0.3, 0.4) is 0 Å². The summed E-state index contributed by atoms with van der Waals surface area (Å²) in [6.45, 7) is 8.28. The number of hydrogen-bond acceptors (Lipinski definition) is 3. The van der Waals surface area contributed by atoms with Gasteiger partial charge in [0.25, 0.3) is 0 Å². The van der Waals surface area contributed by atoms with Gasteiger partial charge >= 0.3 is 0 Å². The first-order valence-corrected chi connectivity index (χ1v) is 5.36. The Hall–Kier alpha value is -0.780. The van der Waals surface area contributed by atoms with Crippen molar-refractivity contribution in [2.45, 2.75) is 39.8 Å². The van der Waals surface area contributed by atoms with Crippen LogP contribution in [0.15, 0.2) is 6.07 Å². The second-order valence-electron chi connectivity index (χ2n) is 4.72. The Morgan fingerprint density at radius 1 is 1.44 bits per heavy atom. The standard InChI is InChI=1S/C11H20N4O.2ClH/c1-8-5-9(2)15(14-8)6-10(16)13-11(3,4)7-12;;/h5H,6-7,12H2,1-4H3,(H,13,16);2*1H. The predicted molar refractivity (Wildman–Crippen MR) is 77.5 cm³/mol. The summed E-state index contributed by atoms with van der Waals surface area (Å²) >= 11 is 0. The molecule has 0 aliphatic carbocycles. The molecular weight excluding hydrogens is 275 g/mol. The third-order valence-electron chi connectivity index (χ3n) is 2.38. The largest absolute Gasteiger partial charge is 0.348 e. The lowest BCUT2D eigenvalue weighted by Gasteiger charge is -2.24. The van der Waals surface area contributed by atoms with Crippen molar-refractivity contribution < 1.29 is 4.79 Å². The van der Waals surface area contributed by atoms with Gasteiger partial charge in [0, 0.05) is 17.8 Å². The fourth-order valence-electron chi connectivity index (χ4n) is 1.44. The van der Waals surface area contributed by atoms with Gasteiger partial charge in [0.2, 0.25) is 5.91 Å². The number of hydrogen-bond donors (Lipinski definition) is 2. The number of amides is 1. The molecule has 0 spiro atoms. The monoisotopic (exact) mass is 296 g/mol. The van der Waals surface area contributed by atoms with Crippen molar-refractivity contribution in [2.24, 2.45) is 5.73 Å². The fourth-order valence-corrected chi connectivity index (χ4v) is 1.44. The van der Waals surface area contributed by atoms with Gasteiger partial charge in [-0.15, -0.1) is 24.8 Å². The third kappa shape index (κ3) is 5.71. The molecule has 0 unspecified atom stereocenters. The molecule has 5 nitrogen and oxygen atoms in total. The van der Waals surface area contributed by atoms with E-state index in [9.17, 15) is 4.79 Å². The van der Waals surface area contributed by atoms with Gasteiger partial charge in [-0.05, 0) is 33.8 Å². The quantitative estimate of drug-likeness (QED) is 0.877. The highest BCUT2D eigenvalue weighted by Gasteiger charge is 2.18. The molecule has 7 heteroatoms. The topological polar surface area (TPSA) is 72.9 Å². The number of carbonyl (C=O) groups excluding carboxylic acids is 1. The number of aryl methyl sites for hydroxylation is 2. The van der Waals surface area contributed by atoms with Crippen LogP contribution in [0.4, 0.5) is 0 Å². The van der Waals surface area contributed by atoms with Gasteiger partial charge < -0.3 is 11.1 Å². The molecule has 0 aromatic carbocycles. The summed E-state index contributed by atoms with van der Waals surface area (Å²) in [6, 6.07) is 1.95. The summed E-state index contributed by atoms with van der Waals surface area (Å²) in [5.74, 6) is -0.0679. The highest BCUT2D eigenvalue weighted by molar-refractivity contribution is 5.85. The number of nitrogens with one attached hydrogen (secondary N) is 1. The van der Waals surface area contributed by atoms with Crippen LogP contribution in [0.5, 0.6) is 0 Å². The number of rotatable bonds is 4. The van der Waals surface area contributed by atoms with Crippen molar-refractivity contribution in [3.63, 3.8) is 0 Å². The summed E-state index contributed by atoms with van der Waals surface area (Å²) in [6.07, 6.45) is 0. The van der Waals surface area contributed by atoms with Crippen LogP contribution in [-0.2, 0) is 11.3 Å².